The molecule has 0 amide bonds. The molecule has 4 rings (SSSR count). The molecule has 1 N–H and O–H groups in total. The van der Waals surface area contributed by atoms with Crippen molar-refractivity contribution in [3.63, 3.8) is 0 Å². The molecule has 3 aromatic carbocycles. The van der Waals surface area contributed by atoms with Crippen molar-refractivity contribution in [3.8, 4) is 11.5 Å². The minimum atomic E-state index is 0.482. The highest BCUT2D eigenvalue weighted by atomic mass is 16.5. The van der Waals surface area contributed by atoms with Crippen molar-refractivity contribution in [2.75, 3.05) is 7.11 Å². The van der Waals surface area contributed by atoms with Crippen LogP contribution in [-0.4, -0.2) is 12.1 Å². The number of imidazole rings is 1. The molecule has 0 saturated carbocycles. The first kappa shape index (κ1) is 17.2. The van der Waals surface area contributed by atoms with Gasteiger partial charge in [-0.05, 0) is 42.0 Å². The zero-order valence-corrected chi connectivity index (χ0v) is 15.4. The molecule has 0 aliphatic carbocycles. The molecular weight excluding hydrogens is 336 g/mol. The Morgan fingerprint density at radius 1 is 0.815 bits per heavy atom. The summed E-state index contributed by atoms with van der Waals surface area (Å²) < 4.78 is 13.5. The summed E-state index contributed by atoms with van der Waals surface area (Å²) in [5.74, 6) is 2.71. The number of aromatic nitrogens is 2. The number of aromatic amines is 1. The number of fused-ring (bicyclic) bond motifs is 1. The van der Waals surface area contributed by atoms with Gasteiger partial charge < -0.3 is 9.47 Å². The average Bonchev–Trinajstić information content (AvgIpc) is 3.09. The van der Waals surface area contributed by atoms with Crippen LogP contribution in [0.3, 0.4) is 0 Å². The molecule has 0 saturated heterocycles. The molecule has 0 atom stereocenters. The van der Waals surface area contributed by atoms with Crippen LogP contribution in [-0.2, 0) is 19.6 Å². The summed E-state index contributed by atoms with van der Waals surface area (Å²) in [6.07, 6.45) is 0.975. The van der Waals surface area contributed by atoms with E-state index in [4.69, 9.17) is 9.47 Å². The number of ether oxygens (including phenoxy) is 2. The molecule has 1 heterocycles. The van der Waals surface area contributed by atoms with Crippen LogP contribution in [0, 0.1) is 0 Å². The Morgan fingerprint density at radius 2 is 1.52 bits per heavy atom. The van der Waals surface area contributed by atoms with Crippen LogP contribution in [0.25, 0.3) is 11.0 Å². The molecule has 0 fully saturated rings. The van der Waals surface area contributed by atoms with Gasteiger partial charge in [-0.25, -0.2) is 9.55 Å². The molecule has 0 unspecified atom stereocenters. The Bertz CT molecular complexity index is 1010. The maximum absolute atomic E-state index is 6.01. The van der Waals surface area contributed by atoms with Gasteiger partial charge in [0, 0.05) is 6.42 Å². The van der Waals surface area contributed by atoms with E-state index in [1.165, 1.54) is 11.1 Å². The molecule has 0 bridgehead atoms. The number of nitrogens with zero attached hydrogens (tertiary/aromatic N) is 1. The van der Waals surface area contributed by atoms with Crippen LogP contribution in [0.4, 0.5) is 0 Å². The Labute approximate surface area is 159 Å². The molecule has 27 heavy (non-hydrogen) atoms. The topological polar surface area (TPSA) is 38.1 Å². The largest absolute Gasteiger partial charge is 0.497 e. The van der Waals surface area contributed by atoms with E-state index in [9.17, 15) is 0 Å². The molecule has 1 aromatic heterocycles. The van der Waals surface area contributed by atoms with Gasteiger partial charge in [-0.3, -0.25) is 0 Å². The van der Waals surface area contributed by atoms with Gasteiger partial charge in [-0.1, -0.05) is 42.5 Å². The van der Waals surface area contributed by atoms with Crippen LogP contribution in [0.2, 0.25) is 0 Å². The normalized spacial score (nSPS) is 10.9. The molecule has 0 aliphatic heterocycles. The number of methoxy groups -OCH3 is 1. The molecule has 4 nitrogen and oxygen atoms in total. The van der Waals surface area contributed by atoms with Gasteiger partial charge in [0.25, 0.3) is 5.82 Å². The maximum atomic E-state index is 6.01. The summed E-state index contributed by atoms with van der Waals surface area (Å²) in [5.41, 5.74) is 3.65. The number of benzene rings is 3. The van der Waals surface area contributed by atoms with Gasteiger partial charge >= 0.3 is 0 Å². The van der Waals surface area contributed by atoms with Gasteiger partial charge in [-0.15, -0.1) is 0 Å². The number of rotatable bonds is 7. The van der Waals surface area contributed by atoms with E-state index in [-0.39, 0.29) is 0 Å². The number of para-hydroxylation sites is 2. The summed E-state index contributed by atoms with van der Waals surface area (Å²) in [7, 11) is 1.66. The van der Waals surface area contributed by atoms with Crippen molar-refractivity contribution in [2.45, 2.75) is 19.6 Å². The standard InChI is InChI=1S/C23H22N2O2/c1-26-19-11-13-20(14-12-19)27-17-23-24-21-9-5-6-10-22(21)25(23)16-15-18-7-3-2-4-8-18/h2-14H,15-17H2,1H3/p+1. The van der Waals surface area contributed by atoms with E-state index in [0.29, 0.717) is 6.61 Å². The Morgan fingerprint density at radius 3 is 2.30 bits per heavy atom. The van der Waals surface area contributed by atoms with E-state index in [0.717, 1.165) is 35.8 Å². The third-order valence-corrected chi connectivity index (χ3v) is 4.70. The highest BCUT2D eigenvalue weighted by molar-refractivity contribution is 5.71. The number of H-pyrrole nitrogens is 1. The molecule has 136 valence electrons. The summed E-state index contributed by atoms with van der Waals surface area (Å²) in [6.45, 7) is 1.38. The zero-order chi connectivity index (χ0) is 18.5. The van der Waals surface area contributed by atoms with Crippen molar-refractivity contribution in [2.24, 2.45) is 0 Å². The molecule has 0 aliphatic rings. The lowest BCUT2D eigenvalue weighted by Gasteiger charge is -2.06. The van der Waals surface area contributed by atoms with Crippen LogP contribution in [0.5, 0.6) is 11.5 Å². The summed E-state index contributed by atoms with van der Waals surface area (Å²) in [4.78, 5) is 3.51. The maximum Gasteiger partial charge on any atom is 0.293 e. The van der Waals surface area contributed by atoms with Gasteiger partial charge in [0.05, 0.1) is 13.7 Å². The number of nitrogens with one attached hydrogen (secondary N) is 1. The van der Waals surface area contributed by atoms with Crippen LogP contribution in [0.15, 0.2) is 78.9 Å². The van der Waals surface area contributed by atoms with Crippen molar-refractivity contribution in [3.05, 3.63) is 90.3 Å². The van der Waals surface area contributed by atoms with Gasteiger partial charge in [0.15, 0.2) is 17.6 Å². The summed E-state index contributed by atoms with van der Waals surface area (Å²) in [5, 5.41) is 0. The smallest absolute Gasteiger partial charge is 0.293 e. The highest BCUT2D eigenvalue weighted by Crippen LogP contribution is 2.18. The predicted molar refractivity (Wildman–Crippen MR) is 106 cm³/mol. The Balaban J connectivity index is 1.55. The number of hydrogen-bond donors (Lipinski definition) is 1. The van der Waals surface area contributed by atoms with Crippen LogP contribution in [0.1, 0.15) is 11.4 Å². The van der Waals surface area contributed by atoms with Crippen LogP contribution >= 0.6 is 0 Å². The predicted octanol–water partition coefficient (Wildman–Crippen LogP) is 4.29. The molecule has 4 aromatic rings. The van der Waals surface area contributed by atoms with Gasteiger partial charge in [0.1, 0.15) is 11.5 Å². The minimum absolute atomic E-state index is 0.482. The first-order valence-electron chi connectivity index (χ1n) is 9.14. The summed E-state index contributed by atoms with van der Waals surface area (Å²) >= 11 is 0. The van der Waals surface area contributed by atoms with Gasteiger partial charge in [-0.2, -0.15) is 0 Å². The molecule has 4 heteroatoms. The third kappa shape index (κ3) is 3.95. The zero-order valence-electron chi connectivity index (χ0n) is 15.4. The van der Waals surface area contributed by atoms with Crippen molar-refractivity contribution >= 4 is 11.0 Å². The first-order chi connectivity index (χ1) is 13.3. The average molecular weight is 359 g/mol. The lowest BCUT2D eigenvalue weighted by atomic mass is 10.1. The minimum Gasteiger partial charge on any atom is -0.497 e. The second-order valence-corrected chi connectivity index (χ2v) is 6.44. The highest BCUT2D eigenvalue weighted by Gasteiger charge is 2.18. The fourth-order valence-electron chi connectivity index (χ4n) is 3.26. The monoisotopic (exact) mass is 359 g/mol. The first-order valence-corrected chi connectivity index (χ1v) is 9.14. The fraction of sp³-hybridized carbons (Fsp3) is 0.174. The van der Waals surface area contributed by atoms with E-state index in [2.05, 4.69) is 64.1 Å². The second kappa shape index (κ2) is 7.96. The van der Waals surface area contributed by atoms with E-state index in [1.807, 2.05) is 24.3 Å². The SMILES string of the molecule is COc1ccc(OCc2[nH]c3ccccc3[n+]2CCc2ccccc2)cc1. The Kier molecular flexibility index (Phi) is 5.06. The second-order valence-electron chi connectivity index (χ2n) is 6.44. The van der Waals surface area contributed by atoms with Crippen LogP contribution < -0.4 is 14.0 Å². The molecular formula is C23H23N2O2+. The fourth-order valence-corrected chi connectivity index (χ4v) is 3.26. The van der Waals surface area contributed by atoms with E-state index in [1.54, 1.807) is 7.11 Å². The number of aryl methyl sites for hydroxylation is 2. The van der Waals surface area contributed by atoms with E-state index < -0.39 is 0 Å². The summed E-state index contributed by atoms with van der Waals surface area (Å²) in [6, 6.07) is 26.6. The van der Waals surface area contributed by atoms with Gasteiger partial charge in [0.2, 0.25) is 0 Å². The van der Waals surface area contributed by atoms with Crippen molar-refractivity contribution in [1.82, 2.24) is 4.98 Å². The third-order valence-electron chi connectivity index (χ3n) is 4.70. The van der Waals surface area contributed by atoms with Crippen molar-refractivity contribution < 1.29 is 14.0 Å². The molecule has 0 spiro atoms. The lowest BCUT2D eigenvalue weighted by molar-refractivity contribution is -0.679. The lowest BCUT2D eigenvalue weighted by Crippen LogP contribution is -2.38. The molecule has 0 radical (unpaired) electrons. The quantitative estimate of drug-likeness (QED) is 0.500. The van der Waals surface area contributed by atoms with E-state index >= 15 is 0 Å². The van der Waals surface area contributed by atoms with Crippen molar-refractivity contribution in [1.29, 1.82) is 0 Å². The number of hydrogen-bond acceptors (Lipinski definition) is 2. The Hall–Kier alpha value is -3.27.